The van der Waals surface area contributed by atoms with Gasteiger partial charge in [-0.2, -0.15) is 5.10 Å². The maximum atomic E-state index is 11.9. The molecule has 0 aliphatic rings. The number of ether oxygens (including phenoxy) is 1. The molecule has 6 heteroatoms. The average Bonchev–Trinajstić information content (AvgIpc) is 3.04. The number of carbonyl (C=O) groups is 1. The molecule has 20 heavy (non-hydrogen) atoms. The Bertz CT molecular complexity index is 773. The van der Waals surface area contributed by atoms with Gasteiger partial charge in [-0.25, -0.2) is 9.78 Å². The lowest BCUT2D eigenvalue weighted by Crippen LogP contribution is -2.06. The molecule has 0 amide bonds. The van der Waals surface area contributed by atoms with E-state index in [0.717, 1.165) is 10.9 Å². The smallest absolute Gasteiger partial charge is 0.361 e. The van der Waals surface area contributed by atoms with Crippen molar-refractivity contribution in [1.29, 1.82) is 0 Å². The van der Waals surface area contributed by atoms with Crippen LogP contribution in [0.4, 0.5) is 0 Å². The zero-order valence-electron chi connectivity index (χ0n) is 11.2. The van der Waals surface area contributed by atoms with E-state index in [9.17, 15) is 4.79 Å². The van der Waals surface area contributed by atoms with Crippen LogP contribution in [-0.2, 0) is 11.8 Å². The maximum Gasteiger partial charge on any atom is 0.361 e. The molecule has 0 saturated carbocycles. The van der Waals surface area contributed by atoms with Crippen LogP contribution in [0.3, 0.4) is 0 Å². The fourth-order valence-electron chi connectivity index (χ4n) is 2.14. The SMILES string of the molecule is CCOC(=O)c1ncoc1-c1nn(C)c2ccccc12. The van der Waals surface area contributed by atoms with Crippen molar-refractivity contribution in [2.45, 2.75) is 6.92 Å². The quantitative estimate of drug-likeness (QED) is 0.684. The second-order valence-corrected chi connectivity index (χ2v) is 4.24. The number of hydrogen-bond donors (Lipinski definition) is 0. The van der Waals surface area contributed by atoms with E-state index in [1.54, 1.807) is 11.6 Å². The third kappa shape index (κ3) is 1.85. The maximum absolute atomic E-state index is 11.9. The van der Waals surface area contributed by atoms with Crippen LogP contribution in [0.1, 0.15) is 17.4 Å². The molecule has 0 aliphatic carbocycles. The molecule has 3 rings (SSSR count). The molecule has 0 saturated heterocycles. The normalized spacial score (nSPS) is 10.9. The standard InChI is InChI=1S/C14H13N3O3/c1-3-19-14(18)12-13(20-8-15-12)11-9-6-4-5-7-10(9)17(2)16-11/h4-8H,3H2,1-2H3. The largest absolute Gasteiger partial charge is 0.461 e. The summed E-state index contributed by atoms with van der Waals surface area (Å²) in [5, 5.41) is 5.31. The summed E-state index contributed by atoms with van der Waals surface area (Å²) in [6.07, 6.45) is 1.23. The highest BCUT2D eigenvalue weighted by atomic mass is 16.5. The van der Waals surface area contributed by atoms with Crippen LogP contribution in [0.2, 0.25) is 0 Å². The number of hydrogen-bond acceptors (Lipinski definition) is 5. The van der Waals surface area contributed by atoms with Gasteiger partial charge < -0.3 is 9.15 Å². The van der Waals surface area contributed by atoms with Gasteiger partial charge in [-0.3, -0.25) is 4.68 Å². The molecule has 0 fully saturated rings. The molecule has 2 heterocycles. The third-order valence-corrected chi connectivity index (χ3v) is 3.01. The summed E-state index contributed by atoms with van der Waals surface area (Å²) in [7, 11) is 1.84. The van der Waals surface area contributed by atoms with Gasteiger partial charge in [0.2, 0.25) is 0 Å². The van der Waals surface area contributed by atoms with Crippen LogP contribution in [-0.4, -0.2) is 27.3 Å². The van der Waals surface area contributed by atoms with E-state index in [1.807, 2.05) is 31.3 Å². The highest BCUT2D eigenvalue weighted by Gasteiger charge is 2.23. The third-order valence-electron chi connectivity index (χ3n) is 3.01. The predicted molar refractivity (Wildman–Crippen MR) is 72.2 cm³/mol. The minimum atomic E-state index is -0.508. The van der Waals surface area contributed by atoms with Crippen molar-refractivity contribution in [3.05, 3.63) is 36.4 Å². The monoisotopic (exact) mass is 271 g/mol. The van der Waals surface area contributed by atoms with Gasteiger partial charge in [0.1, 0.15) is 5.69 Å². The van der Waals surface area contributed by atoms with Gasteiger partial charge in [0.25, 0.3) is 0 Å². The van der Waals surface area contributed by atoms with E-state index in [-0.39, 0.29) is 12.3 Å². The van der Waals surface area contributed by atoms with Crippen molar-refractivity contribution in [3.8, 4) is 11.5 Å². The number of para-hydroxylation sites is 1. The second kappa shape index (κ2) is 4.80. The number of aryl methyl sites for hydroxylation is 1. The van der Waals surface area contributed by atoms with Crippen molar-refractivity contribution in [2.75, 3.05) is 6.61 Å². The Morgan fingerprint density at radius 1 is 1.40 bits per heavy atom. The zero-order chi connectivity index (χ0) is 14.1. The topological polar surface area (TPSA) is 70.2 Å². The van der Waals surface area contributed by atoms with Crippen LogP contribution in [0, 0.1) is 0 Å². The van der Waals surface area contributed by atoms with E-state index >= 15 is 0 Å². The first kappa shape index (κ1) is 12.4. The highest BCUT2D eigenvalue weighted by molar-refractivity contribution is 5.99. The van der Waals surface area contributed by atoms with Gasteiger partial charge in [-0.1, -0.05) is 18.2 Å². The van der Waals surface area contributed by atoms with E-state index in [1.165, 1.54) is 6.39 Å². The van der Waals surface area contributed by atoms with Gasteiger partial charge in [-0.15, -0.1) is 0 Å². The summed E-state index contributed by atoms with van der Waals surface area (Å²) in [5.74, 6) is -0.175. The van der Waals surface area contributed by atoms with E-state index < -0.39 is 5.97 Å². The summed E-state index contributed by atoms with van der Waals surface area (Å²) in [4.78, 5) is 15.8. The molecule has 0 spiro atoms. The lowest BCUT2D eigenvalue weighted by molar-refractivity contribution is 0.0520. The van der Waals surface area contributed by atoms with E-state index in [2.05, 4.69) is 10.1 Å². The minimum absolute atomic E-state index is 0.149. The van der Waals surface area contributed by atoms with Gasteiger partial charge in [0.05, 0.1) is 12.1 Å². The molecule has 0 radical (unpaired) electrons. The molecule has 1 aromatic carbocycles. The Morgan fingerprint density at radius 2 is 2.20 bits per heavy atom. The summed E-state index contributed by atoms with van der Waals surface area (Å²) in [5.41, 5.74) is 1.69. The number of rotatable bonds is 3. The number of aromatic nitrogens is 3. The van der Waals surface area contributed by atoms with Crippen LogP contribution >= 0.6 is 0 Å². The summed E-state index contributed by atoms with van der Waals surface area (Å²) in [6.45, 7) is 2.03. The van der Waals surface area contributed by atoms with Crippen LogP contribution in [0.15, 0.2) is 35.1 Å². The molecule has 0 N–H and O–H groups in total. The van der Waals surface area contributed by atoms with Crippen molar-refractivity contribution >= 4 is 16.9 Å². The Labute approximate surface area is 115 Å². The molecule has 0 aliphatic heterocycles. The molecule has 102 valence electrons. The fraction of sp³-hybridized carbons (Fsp3) is 0.214. The Kier molecular flexibility index (Phi) is 2.98. The Balaban J connectivity index is 2.17. The molecule has 3 aromatic rings. The number of fused-ring (bicyclic) bond motifs is 1. The number of carbonyl (C=O) groups excluding carboxylic acids is 1. The Hall–Kier alpha value is -2.63. The number of esters is 1. The molecule has 0 unspecified atom stereocenters. The Morgan fingerprint density at radius 3 is 3.00 bits per heavy atom. The van der Waals surface area contributed by atoms with Crippen molar-refractivity contribution in [1.82, 2.24) is 14.8 Å². The van der Waals surface area contributed by atoms with Crippen molar-refractivity contribution < 1.29 is 13.9 Å². The first-order valence-electron chi connectivity index (χ1n) is 6.25. The van der Waals surface area contributed by atoms with Gasteiger partial charge in [0, 0.05) is 12.4 Å². The lowest BCUT2D eigenvalue weighted by Gasteiger charge is -1.99. The van der Waals surface area contributed by atoms with Crippen molar-refractivity contribution in [2.24, 2.45) is 7.05 Å². The summed E-state index contributed by atoms with van der Waals surface area (Å²) < 4.78 is 12.1. The molecule has 6 nitrogen and oxygen atoms in total. The van der Waals surface area contributed by atoms with Crippen molar-refractivity contribution in [3.63, 3.8) is 0 Å². The van der Waals surface area contributed by atoms with E-state index in [0.29, 0.717) is 11.5 Å². The highest BCUT2D eigenvalue weighted by Crippen LogP contribution is 2.29. The second-order valence-electron chi connectivity index (χ2n) is 4.24. The number of benzene rings is 1. The average molecular weight is 271 g/mol. The van der Waals surface area contributed by atoms with Crippen LogP contribution < -0.4 is 0 Å². The molecular weight excluding hydrogens is 258 g/mol. The zero-order valence-corrected chi connectivity index (χ0v) is 11.2. The number of nitrogens with zero attached hydrogens (tertiary/aromatic N) is 3. The number of oxazole rings is 1. The molecule has 2 aromatic heterocycles. The lowest BCUT2D eigenvalue weighted by atomic mass is 10.1. The fourth-order valence-corrected chi connectivity index (χ4v) is 2.14. The minimum Gasteiger partial charge on any atom is -0.461 e. The van der Waals surface area contributed by atoms with Crippen LogP contribution in [0.5, 0.6) is 0 Å². The van der Waals surface area contributed by atoms with Crippen LogP contribution in [0.25, 0.3) is 22.4 Å². The summed E-state index contributed by atoms with van der Waals surface area (Å²) in [6, 6.07) is 7.72. The van der Waals surface area contributed by atoms with E-state index in [4.69, 9.17) is 9.15 Å². The van der Waals surface area contributed by atoms with Gasteiger partial charge in [0.15, 0.2) is 17.8 Å². The molecular formula is C14H13N3O3. The van der Waals surface area contributed by atoms with Gasteiger partial charge >= 0.3 is 5.97 Å². The first-order chi connectivity index (χ1) is 9.72. The molecule has 0 bridgehead atoms. The first-order valence-corrected chi connectivity index (χ1v) is 6.25. The molecule has 0 atom stereocenters. The predicted octanol–water partition coefficient (Wildman–Crippen LogP) is 2.41. The van der Waals surface area contributed by atoms with Gasteiger partial charge in [-0.05, 0) is 13.0 Å². The summed E-state index contributed by atoms with van der Waals surface area (Å²) >= 11 is 0.